The van der Waals surface area contributed by atoms with Gasteiger partial charge in [-0.05, 0) is 68.3 Å². The summed E-state index contributed by atoms with van der Waals surface area (Å²) in [5.74, 6) is 0.603. The SMILES string of the molecule is Cn1nc(C(F)F)cc1Nc1nncn1[C@H]1CCc2sc(NC(=O)[C@H]3CC34CC4)c(C(=O)NC[C@H]3C[C@H](F)C3)c2C1. The number of fused-ring (bicyclic) bond motifs is 1. The van der Waals surface area contributed by atoms with Crippen LogP contribution in [-0.4, -0.2) is 49.1 Å². The van der Waals surface area contributed by atoms with E-state index in [1.807, 2.05) is 4.57 Å². The Morgan fingerprint density at radius 3 is 2.76 bits per heavy atom. The van der Waals surface area contributed by atoms with Crippen LogP contribution < -0.4 is 16.0 Å². The van der Waals surface area contributed by atoms with Gasteiger partial charge in [-0.3, -0.25) is 18.8 Å². The summed E-state index contributed by atoms with van der Waals surface area (Å²) in [5.41, 5.74) is 1.23. The van der Waals surface area contributed by atoms with Crippen LogP contribution in [0.25, 0.3) is 0 Å². The first-order valence-corrected chi connectivity index (χ1v) is 14.9. The van der Waals surface area contributed by atoms with Gasteiger partial charge in [0, 0.05) is 36.5 Å². The second-order valence-electron chi connectivity index (χ2n) is 11.9. The highest BCUT2D eigenvalue weighted by Crippen LogP contribution is 2.70. The zero-order valence-electron chi connectivity index (χ0n) is 22.5. The number of thiophene rings is 1. The number of aryl methyl sites for hydroxylation is 2. The minimum Gasteiger partial charge on any atom is -0.352 e. The maximum absolute atomic E-state index is 13.6. The third-order valence-electron chi connectivity index (χ3n) is 9.16. The molecule has 3 N–H and O–H groups in total. The second-order valence-corrected chi connectivity index (χ2v) is 13.0. The fourth-order valence-electron chi connectivity index (χ4n) is 6.33. The normalized spacial score (nSPS) is 25.5. The maximum atomic E-state index is 13.6. The molecule has 7 rings (SSSR count). The molecular weight excluding hydrogens is 557 g/mol. The van der Waals surface area contributed by atoms with Gasteiger partial charge in [0.1, 0.15) is 29.0 Å². The van der Waals surface area contributed by atoms with Crippen molar-refractivity contribution in [2.45, 2.75) is 70.0 Å². The van der Waals surface area contributed by atoms with Gasteiger partial charge in [-0.1, -0.05) is 0 Å². The van der Waals surface area contributed by atoms with Crippen LogP contribution >= 0.6 is 11.3 Å². The summed E-state index contributed by atoms with van der Waals surface area (Å²) in [5, 5.41) is 21.8. The highest BCUT2D eigenvalue weighted by molar-refractivity contribution is 7.17. The number of amides is 2. The molecule has 218 valence electrons. The number of alkyl halides is 3. The van der Waals surface area contributed by atoms with E-state index in [2.05, 4.69) is 31.2 Å². The molecule has 2 amide bonds. The molecular formula is C27H31F3N8O2S. The number of nitrogens with one attached hydrogen (secondary N) is 3. The number of anilines is 3. The molecule has 4 aliphatic rings. The van der Waals surface area contributed by atoms with Crippen molar-refractivity contribution >= 4 is 39.9 Å². The van der Waals surface area contributed by atoms with Crippen molar-refractivity contribution in [3.05, 3.63) is 34.1 Å². The molecule has 0 aliphatic heterocycles. The molecule has 0 unspecified atom stereocenters. The van der Waals surface area contributed by atoms with Gasteiger partial charge in [0.15, 0.2) is 0 Å². The lowest BCUT2D eigenvalue weighted by atomic mass is 9.83. The van der Waals surface area contributed by atoms with E-state index >= 15 is 0 Å². The molecule has 41 heavy (non-hydrogen) atoms. The standard InChI is InChI=1S/C27H31F3N8O2S/c1-37-20(9-18(36-37)22(29)30)33-26-35-32-12-38(26)15-2-3-19-16(8-15)21(24(40)31-11-13-6-14(28)7-13)25(41-19)34-23(39)17-10-27(17)4-5-27/h9,12-15,17,22H,2-8,10-11H2,1H3,(H,31,40)(H,33,35)(H,34,39)/t13-,14-,15-,17+/m0/s1. The molecule has 1 spiro atoms. The minimum absolute atomic E-state index is 0.0180. The third-order valence-corrected chi connectivity index (χ3v) is 10.4. The zero-order valence-corrected chi connectivity index (χ0v) is 23.3. The average molecular weight is 589 g/mol. The topological polar surface area (TPSA) is 119 Å². The van der Waals surface area contributed by atoms with Crippen molar-refractivity contribution in [1.29, 1.82) is 0 Å². The Labute approximate surface area is 238 Å². The van der Waals surface area contributed by atoms with E-state index in [-0.39, 0.29) is 40.8 Å². The zero-order chi connectivity index (χ0) is 28.5. The van der Waals surface area contributed by atoms with Crippen molar-refractivity contribution < 1.29 is 22.8 Å². The van der Waals surface area contributed by atoms with Gasteiger partial charge in [-0.15, -0.1) is 21.5 Å². The predicted molar refractivity (Wildman–Crippen MR) is 145 cm³/mol. The van der Waals surface area contributed by atoms with Crippen molar-refractivity contribution in [3.63, 3.8) is 0 Å². The van der Waals surface area contributed by atoms with Crippen molar-refractivity contribution in [2.24, 2.45) is 24.3 Å². The first-order chi connectivity index (χ1) is 19.7. The maximum Gasteiger partial charge on any atom is 0.282 e. The third kappa shape index (κ3) is 4.89. The summed E-state index contributed by atoms with van der Waals surface area (Å²) in [6, 6.07) is 1.17. The molecule has 3 heterocycles. The minimum atomic E-state index is -2.69. The van der Waals surface area contributed by atoms with Crippen molar-refractivity contribution in [3.8, 4) is 0 Å². The summed E-state index contributed by atoms with van der Waals surface area (Å²) in [4.78, 5) is 27.7. The molecule has 0 bridgehead atoms. The quantitative estimate of drug-likeness (QED) is 0.334. The fourth-order valence-corrected chi connectivity index (χ4v) is 7.58. The highest BCUT2D eigenvalue weighted by Gasteiger charge is 2.65. The van der Waals surface area contributed by atoms with Gasteiger partial charge in [-0.25, -0.2) is 13.2 Å². The Hall–Kier alpha value is -3.42. The van der Waals surface area contributed by atoms with E-state index in [9.17, 15) is 22.8 Å². The van der Waals surface area contributed by atoms with Crippen LogP contribution in [0, 0.1) is 17.3 Å². The van der Waals surface area contributed by atoms with Gasteiger partial charge >= 0.3 is 0 Å². The second kappa shape index (κ2) is 9.85. The van der Waals surface area contributed by atoms with Crippen LogP contribution in [0.3, 0.4) is 0 Å². The molecule has 0 saturated heterocycles. The largest absolute Gasteiger partial charge is 0.352 e. The summed E-state index contributed by atoms with van der Waals surface area (Å²) in [7, 11) is 1.57. The van der Waals surface area contributed by atoms with E-state index < -0.39 is 12.6 Å². The van der Waals surface area contributed by atoms with Crippen LogP contribution in [0.15, 0.2) is 12.4 Å². The van der Waals surface area contributed by atoms with E-state index in [4.69, 9.17) is 0 Å². The van der Waals surface area contributed by atoms with E-state index in [1.165, 1.54) is 22.1 Å². The molecule has 2 atom stereocenters. The molecule has 3 aromatic heterocycles. The van der Waals surface area contributed by atoms with E-state index in [0.29, 0.717) is 54.6 Å². The molecule has 3 fully saturated rings. The monoisotopic (exact) mass is 588 g/mol. The molecule has 3 saturated carbocycles. The number of carbonyl (C=O) groups excluding carboxylic acids is 2. The Bertz CT molecular complexity index is 1510. The number of carbonyl (C=O) groups is 2. The summed E-state index contributed by atoms with van der Waals surface area (Å²) in [6.45, 7) is 0.400. The van der Waals surface area contributed by atoms with E-state index in [1.54, 1.807) is 13.4 Å². The molecule has 14 heteroatoms. The average Bonchev–Trinajstić information content (AvgIpc) is 3.68. The number of hydrogen-bond acceptors (Lipinski definition) is 7. The van der Waals surface area contributed by atoms with Crippen LogP contribution in [0.2, 0.25) is 0 Å². The number of aromatic nitrogens is 5. The Morgan fingerprint density at radius 1 is 1.27 bits per heavy atom. The van der Waals surface area contributed by atoms with Crippen LogP contribution in [0.1, 0.15) is 77.5 Å². The first-order valence-electron chi connectivity index (χ1n) is 14.1. The Balaban J connectivity index is 1.13. The highest BCUT2D eigenvalue weighted by atomic mass is 32.1. The van der Waals surface area contributed by atoms with Crippen molar-refractivity contribution in [1.82, 2.24) is 29.9 Å². The van der Waals surface area contributed by atoms with Gasteiger partial charge in [0.2, 0.25) is 11.9 Å². The number of hydrogen-bond donors (Lipinski definition) is 3. The predicted octanol–water partition coefficient (Wildman–Crippen LogP) is 4.70. The van der Waals surface area contributed by atoms with Crippen LogP contribution in [0.5, 0.6) is 0 Å². The van der Waals surface area contributed by atoms with Gasteiger partial charge in [0.05, 0.1) is 5.56 Å². The lowest BCUT2D eigenvalue weighted by Crippen LogP contribution is -2.37. The number of rotatable bonds is 9. The molecule has 4 aliphatic carbocycles. The van der Waals surface area contributed by atoms with Gasteiger partial charge in [-0.2, -0.15) is 5.10 Å². The smallest absolute Gasteiger partial charge is 0.282 e. The molecule has 0 aromatic carbocycles. The summed E-state index contributed by atoms with van der Waals surface area (Å²) >= 11 is 1.46. The van der Waals surface area contributed by atoms with E-state index in [0.717, 1.165) is 36.1 Å². The fraction of sp³-hybridized carbons (Fsp3) is 0.593. The first kappa shape index (κ1) is 26.5. The van der Waals surface area contributed by atoms with Crippen LogP contribution in [-0.2, 0) is 24.7 Å². The van der Waals surface area contributed by atoms with Gasteiger partial charge in [0.25, 0.3) is 12.3 Å². The van der Waals surface area contributed by atoms with Gasteiger partial charge < -0.3 is 16.0 Å². The lowest BCUT2D eigenvalue weighted by Gasteiger charge is -2.29. The summed E-state index contributed by atoms with van der Waals surface area (Å²) in [6.07, 6.45) is 4.05. The molecule has 10 nitrogen and oxygen atoms in total. The Morgan fingerprint density at radius 2 is 2.07 bits per heavy atom. The molecule has 0 radical (unpaired) electrons. The Kier molecular flexibility index (Phi) is 6.36. The van der Waals surface area contributed by atoms with Crippen molar-refractivity contribution in [2.75, 3.05) is 17.2 Å². The van der Waals surface area contributed by atoms with Crippen LogP contribution in [0.4, 0.5) is 29.9 Å². The number of nitrogens with zero attached hydrogens (tertiary/aromatic N) is 5. The molecule has 3 aromatic rings. The number of halogens is 3. The summed E-state index contributed by atoms with van der Waals surface area (Å²) < 4.78 is 42.8. The lowest BCUT2D eigenvalue weighted by molar-refractivity contribution is -0.117.